The summed E-state index contributed by atoms with van der Waals surface area (Å²) in [5, 5.41) is 3.10. The lowest BCUT2D eigenvalue weighted by Crippen LogP contribution is -2.40. The molecular weight excluding hydrogens is 360 g/mol. The predicted molar refractivity (Wildman–Crippen MR) is 118 cm³/mol. The standard InChI is InChI=1S/C24H30N4O/c1-17(2)28-22-12-5-4-11-21(22)26-23(28)16-27-13-7-9-19(15-27)24(29)25-20-10-6-8-18(3)14-20/h4-6,8,10-12,14,17,19H,7,9,13,15-16H2,1-3H3,(H,25,29)/t19-/m0/s1. The third-order valence-electron chi connectivity index (χ3n) is 5.71. The highest BCUT2D eigenvalue weighted by molar-refractivity contribution is 5.92. The number of hydrogen-bond acceptors (Lipinski definition) is 3. The van der Waals surface area contributed by atoms with Gasteiger partial charge in [0.1, 0.15) is 5.82 Å². The van der Waals surface area contributed by atoms with E-state index in [4.69, 9.17) is 4.98 Å². The molecular formula is C24H30N4O. The maximum absolute atomic E-state index is 12.8. The quantitative estimate of drug-likeness (QED) is 0.682. The molecule has 2 aromatic carbocycles. The number of aryl methyl sites for hydroxylation is 1. The first-order valence-corrected chi connectivity index (χ1v) is 10.6. The molecule has 5 heteroatoms. The number of fused-ring (bicyclic) bond motifs is 1. The zero-order valence-electron chi connectivity index (χ0n) is 17.6. The number of para-hydroxylation sites is 2. The summed E-state index contributed by atoms with van der Waals surface area (Å²) < 4.78 is 2.33. The summed E-state index contributed by atoms with van der Waals surface area (Å²) in [6, 6.07) is 16.7. The average Bonchev–Trinajstić information content (AvgIpc) is 3.06. The monoisotopic (exact) mass is 390 g/mol. The van der Waals surface area contributed by atoms with Crippen LogP contribution in [0, 0.1) is 12.8 Å². The lowest BCUT2D eigenvalue weighted by molar-refractivity contribution is -0.121. The number of aromatic nitrogens is 2. The minimum atomic E-state index is 0.0149. The van der Waals surface area contributed by atoms with E-state index in [2.05, 4.69) is 46.8 Å². The Morgan fingerprint density at radius 1 is 1.21 bits per heavy atom. The van der Waals surface area contributed by atoms with Gasteiger partial charge in [-0.05, 0) is 70.0 Å². The van der Waals surface area contributed by atoms with Crippen LogP contribution in [-0.4, -0.2) is 33.4 Å². The maximum atomic E-state index is 12.8. The first-order chi connectivity index (χ1) is 14.0. The van der Waals surface area contributed by atoms with Crippen molar-refractivity contribution in [2.45, 2.75) is 46.2 Å². The Morgan fingerprint density at radius 3 is 2.83 bits per heavy atom. The highest BCUT2D eigenvalue weighted by Crippen LogP contribution is 2.25. The first-order valence-electron chi connectivity index (χ1n) is 10.6. The molecule has 152 valence electrons. The van der Waals surface area contributed by atoms with E-state index in [0.29, 0.717) is 6.04 Å². The third kappa shape index (κ3) is 4.35. The molecule has 0 saturated carbocycles. The van der Waals surface area contributed by atoms with Crippen molar-refractivity contribution in [1.82, 2.24) is 14.5 Å². The van der Waals surface area contributed by atoms with Gasteiger partial charge in [-0.2, -0.15) is 0 Å². The number of hydrogen-bond donors (Lipinski definition) is 1. The summed E-state index contributed by atoms with van der Waals surface area (Å²) in [4.78, 5) is 20.1. The van der Waals surface area contributed by atoms with Crippen LogP contribution in [0.5, 0.6) is 0 Å². The van der Waals surface area contributed by atoms with Gasteiger partial charge in [0.15, 0.2) is 0 Å². The number of carbonyl (C=O) groups excluding carboxylic acids is 1. The van der Waals surface area contributed by atoms with E-state index in [1.165, 1.54) is 5.52 Å². The molecule has 1 fully saturated rings. The van der Waals surface area contributed by atoms with E-state index in [1.54, 1.807) is 0 Å². The molecule has 1 saturated heterocycles. The Kier molecular flexibility index (Phi) is 5.67. The van der Waals surface area contributed by atoms with Crippen LogP contribution in [0.3, 0.4) is 0 Å². The number of benzene rings is 2. The zero-order valence-corrected chi connectivity index (χ0v) is 17.6. The van der Waals surface area contributed by atoms with E-state index in [0.717, 1.165) is 55.1 Å². The molecule has 1 amide bonds. The molecule has 4 rings (SSSR count). The molecule has 3 aromatic rings. The summed E-state index contributed by atoms with van der Waals surface area (Å²) in [6.07, 6.45) is 1.97. The molecule has 1 aromatic heterocycles. The minimum absolute atomic E-state index is 0.0149. The van der Waals surface area contributed by atoms with E-state index < -0.39 is 0 Å². The third-order valence-corrected chi connectivity index (χ3v) is 5.71. The molecule has 2 heterocycles. The van der Waals surface area contributed by atoms with Crippen molar-refractivity contribution in [1.29, 1.82) is 0 Å². The van der Waals surface area contributed by atoms with Crippen molar-refractivity contribution < 1.29 is 4.79 Å². The van der Waals surface area contributed by atoms with Crippen molar-refractivity contribution in [3.05, 3.63) is 59.9 Å². The van der Waals surface area contributed by atoms with Crippen molar-refractivity contribution in [3.63, 3.8) is 0 Å². The van der Waals surface area contributed by atoms with Crippen LogP contribution >= 0.6 is 0 Å². The highest BCUT2D eigenvalue weighted by atomic mass is 16.1. The van der Waals surface area contributed by atoms with Crippen LogP contribution < -0.4 is 5.32 Å². The van der Waals surface area contributed by atoms with Gasteiger partial charge in [-0.3, -0.25) is 9.69 Å². The molecule has 1 atom stereocenters. The fraction of sp³-hybridized carbons (Fsp3) is 0.417. The molecule has 1 aliphatic heterocycles. The molecule has 1 aliphatic rings. The average molecular weight is 391 g/mol. The van der Waals surface area contributed by atoms with Crippen molar-refractivity contribution in [2.24, 2.45) is 5.92 Å². The molecule has 29 heavy (non-hydrogen) atoms. The van der Waals surface area contributed by atoms with Gasteiger partial charge in [-0.1, -0.05) is 24.3 Å². The molecule has 0 aliphatic carbocycles. The predicted octanol–water partition coefficient (Wildman–Crippen LogP) is 4.78. The Bertz CT molecular complexity index is 1010. The number of nitrogens with zero attached hydrogens (tertiary/aromatic N) is 3. The van der Waals surface area contributed by atoms with Crippen molar-refractivity contribution >= 4 is 22.6 Å². The second kappa shape index (κ2) is 8.37. The Labute approximate surface area is 172 Å². The summed E-state index contributed by atoms with van der Waals surface area (Å²) in [7, 11) is 0. The second-order valence-corrected chi connectivity index (χ2v) is 8.41. The molecule has 0 radical (unpaired) electrons. The number of amides is 1. The van der Waals surface area contributed by atoms with Gasteiger partial charge in [0, 0.05) is 18.3 Å². The largest absolute Gasteiger partial charge is 0.326 e. The Balaban J connectivity index is 1.47. The summed E-state index contributed by atoms with van der Waals surface area (Å²) in [6.45, 7) is 9.01. The number of piperidine rings is 1. The molecule has 0 bridgehead atoms. The van der Waals surface area contributed by atoms with Crippen LogP contribution in [0.25, 0.3) is 11.0 Å². The van der Waals surface area contributed by atoms with Crippen molar-refractivity contribution in [2.75, 3.05) is 18.4 Å². The SMILES string of the molecule is Cc1cccc(NC(=O)[C@H]2CCCN(Cc3nc4ccccc4n3C(C)C)C2)c1. The van der Waals surface area contributed by atoms with Gasteiger partial charge in [0.25, 0.3) is 0 Å². The lowest BCUT2D eigenvalue weighted by Gasteiger charge is -2.32. The molecule has 0 unspecified atom stereocenters. The number of nitrogens with one attached hydrogen (secondary N) is 1. The summed E-state index contributed by atoms with van der Waals surface area (Å²) in [5.41, 5.74) is 4.26. The fourth-order valence-electron chi connectivity index (χ4n) is 4.36. The van der Waals surface area contributed by atoms with Crippen LogP contribution in [0.2, 0.25) is 0 Å². The van der Waals surface area contributed by atoms with Crippen LogP contribution in [-0.2, 0) is 11.3 Å². The van der Waals surface area contributed by atoms with Crippen LogP contribution in [0.15, 0.2) is 48.5 Å². The molecule has 0 spiro atoms. The number of imidazole rings is 1. The first kappa shape index (κ1) is 19.6. The Hall–Kier alpha value is -2.66. The molecule has 5 nitrogen and oxygen atoms in total. The number of carbonyl (C=O) groups is 1. The van der Waals surface area contributed by atoms with Gasteiger partial charge in [0.05, 0.1) is 23.5 Å². The topological polar surface area (TPSA) is 50.2 Å². The molecule has 1 N–H and O–H groups in total. The van der Waals surface area contributed by atoms with Gasteiger partial charge in [-0.15, -0.1) is 0 Å². The van der Waals surface area contributed by atoms with Gasteiger partial charge < -0.3 is 9.88 Å². The number of likely N-dealkylation sites (tertiary alicyclic amines) is 1. The summed E-state index contributed by atoms with van der Waals surface area (Å²) in [5.74, 6) is 1.22. The second-order valence-electron chi connectivity index (χ2n) is 8.41. The number of rotatable bonds is 5. The van der Waals surface area contributed by atoms with Gasteiger partial charge in [-0.25, -0.2) is 4.98 Å². The minimum Gasteiger partial charge on any atom is -0.326 e. The fourth-order valence-corrected chi connectivity index (χ4v) is 4.36. The number of anilines is 1. The van der Waals surface area contributed by atoms with E-state index >= 15 is 0 Å². The van der Waals surface area contributed by atoms with E-state index in [1.807, 2.05) is 37.3 Å². The smallest absolute Gasteiger partial charge is 0.228 e. The highest BCUT2D eigenvalue weighted by Gasteiger charge is 2.27. The van der Waals surface area contributed by atoms with E-state index in [-0.39, 0.29) is 11.8 Å². The Morgan fingerprint density at radius 2 is 2.03 bits per heavy atom. The lowest BCUT2D eigenvalue weighted by atomic mass is 9.97. The zero-order chi connectivity index (χ0) is 20.4. The van der Waals surface area contributed by atoms with Crippen molar-refractivity contribution in [3.8, 4) is 0 Å². The summed E-state index contributed by atoms with van der Waals surface area (Å²) >= 11 is 0. The van der Waals surface area contributed by atoms with Gasteiger partial charge in [0.2, 0.25) is 5.91 Å². The normalized spacial score (nSPS) is 17.7. The van der Waals surface area contributed by atoms with E-state index in [9.17, 15) is 4.79 Å². The van der Waals surface area contributed by atoms with Gasteiger partial charge >= 0.3 is 0 Å². The van der Waals surface area contributed by atoms with Crippen LogP contribution in [0.4, 0.5) is 5.69 Å². The maximum Gasteiger partial charge on any atom is 0.228 e. The van der Waals surface area contributed by atoms with Crippen LogP contribution in [0.1, 0.15) is 44.1 Å².